The van der Waals surface area contributed by atoms with Crippen molar-refractivity contribution in [2.45, 2.75) is 12.8 Å². The molecule has 24 heavy (non-hydrogen) atoms. The molecule has 0 saturated carbocycles. The predicted octanol–water partition coefficient (Wildman–Crippen LogP) is 4.16. The van der Waals surface area contributed by atoms with Crippen molar-refractivity contribution in [2.75, 3.05) is 25.5 Å². The molecule has 0 heterocycles. The van der Waals surface area contributed by atoms with E-state index in [0.717, 1.165) is 24.3 Å². The molecule has 2 aromatic carbocycles. The normalized spacial score (nSPS) is 10.5. The molecule has 0 aliphatic heterocycles. The summed E-state index contributed by atoms with van der Waals surface area (Å²) in [6.07, 6.45) is 1.18. The van der Waals surface area contributed by atoms with Gasteiger partial charge in [0.2, 0.25) is 5.91 Å². The molecule has 6 heteroatoms. The molecule has 2 rings (SSSR count). The van der Waals surface area contributed by atoms with E-state index in [2.05, 4.69) is 10.6 Å². The molecule has 0 aromatic heterocycles. The second kappa shape index (κ2) is 9.52. The van der Waals surface area contributed by atoms with Gasteiger partial charge in [-0.05, 0) is 36.7 Å². The third-order valence-electron chi connectivity index (χ3n) is 3.52. The molecule has 0 unspecified atom stereocenters. The first-order chi connectivity index (χ1) is 11.6. The number of anilines is 1. The Morgan fingerprint density at radius 3 is 2.46 bits per heavy atom. The molecule has 0 fully saturated rings. The Balaban J connectivity index is 1.71. The van der Waals surface area contributed by atoms with Crippen molar-refractivity contribution in [3.05, 3.63) is 58.1 Å². The van der Waals surface area contributed by atoms with Gasteiger partial charge in [0.05, 0.1) is 22.8 Å². The monoisotopic (exact) mass is 366 g/mol. The first kappa shape index (κ1) is 18.6. The Morgan fingerprint density at radius 2 is 1.75 bits per heavy atom. The lowest BCUT2D eigenvalue weighted by Crippen LogP contribution is -2.23. The van der Waals surface area contributed by atoms with Gasteiger partial charge in [0, 0.05) is 13.0 Å². The second-order valence-corrected chi connectivity index (χ2v) is 6.02. The zero-order valence-electron chi connectivity index (χ0n) is 13.4. The second-order valence-electron chi connectivity index (χ2n) is 5.21. The zero-order valence-corrected chi connectivity index (χ0v) is 15.0. The molecule has 4 nitrogen and oxygen atoms in total. The van der Waals surface area contributed by atoms with Crippen molar-refractivity contribution >= 4 is 34.8 Å². The highest BCUT2D eigenvalue weighted by molar-refractivity contribution is 6.39. The SMILES string of the molecule is COc1ccccc1CCNCCC(=O)Nc1c(Cl)cccc1Cl. The average molecular weight is 367 g/mol. The van der Waals surface area contributed by atoms with E-state index in [4.69, 9.17) is 27.9 Å². The maximum absolute atomic E-state index is 12.0. The number of hydrogen-bond acceptors (Lipinski definition) is 3. The van der Waals surface area contributed by atoms with Crippen LogP contribution in [0.5, 0.6) is 5.75 Å². The molecule has 2 N–H and O–H groups in total. The van der Waals surface area contributed by atoms with Gasteiger partial charge < -0.3 is 15.4 Å². The third kappa shape index (κ3) is 5.41. The first-order valence-corrected chi connectivity index (χ1v) is 8.44. The van der Waals surface area contributed by atoms with Crippen molar-refractivity contribution in [2.24, 2.45) is 0 Å². The maximum Gasteiger partial charge on any atom is 0.225 e. The first-order valence-electron chi connectivity index (χ1n) is 7.68. The van der Waals surface area contributed by atoms with Crippen LogP contribution in [0.3, 0.4) is 0 Å². The molecule has 0 saturated heterocycles. The molecule has 0 aliphatic carbocycles. The molecular formula is C18H20Cl2N2O2. The van der Waals surface area contributed by atoms with Gasteiger partial charge in [-0.15, -0.1) is 0 Å². The maximum atomic E-state index is 12.0. The Bertz CT molecular complexity index is 672. The minimum Gasteiger partial charge on any atom is -0.496 e. The van der Waals surface area contributed by atoms with Crippen LogP contribution in [0.2, 0.25) is 10.0 Å². The highest BCUT2D eigenvalue weighted by atomic mass is 35.5. The summed E-state index contributed by atoms with van der Waals surface area (Å²) in [7, 11) is 1.66. The fraction of sp³-hybridized carbons (Fsp3) is 0.278. The molecule has 0 aliphatic rings. The van der Waals surface area contributed by atoms with Crippen LogP contribution in [-0.4, -0.2) is 26.1 Å². The summed E-state index contributed by atoms with van der Waals surface area (Å²) in [5.74, 6) is 0.750. The Kier molecular flexibility index (Phi) is 7.37. The van der Waals surface area contributed by atoms with E-state index in [9.17, 15) is 4.79 Å². The van der Waals surface area contributed by atoms with Crippen LogP contribution in [0.15, 0.2) is 42.5 Å². The highest BCUT2D eigenvalue weighted by Crippen LogP contribution is 2.29. The summed E-state index contributed by atoms with van der Waals surface area (Å²) in [4.78, 5) is 12.0. The summed E-state index contributed by atoms with van der Waals surface area (Å²) in [5.41, 5.74) is 1.60. The number of amides is 1. The van der Waals surface area contributed by atoms with Crippen molar-refractivity contribution < 1.29 is 9.53 Å². The van der Waals surface area contributed by atoms with Crippen molar-refractivity contribution in [3.8, 4) is 5.75 Å². The number of nitrogens with one attached hydrogen (secondary N) is 2. The number of ether oxygens (including phenoxy) is 1. The molecule has 0 bridgehead atoms. The van der Waals surface area contributed by atoms with Crippen LogP contribution >= 0.6 is 23.2 Å². The lowest BCUT2D eigenvalue weighted by atomic mass is 10.1. The number of halogens is 2. The highest BCUT2D eigenvalue weighted by Gasteiger charge is 2.09. The number of hydrogen-bond donors (Lipinski definition) is 2. The van der Waals surface area contributed by atoms with Crippen LogP contribution in [0.25, 0.3) is 0 Å². The number of benzene rings is 2. The minimum absolute atomic E-state index is 0.130. The fourth-order valence-electron chi connectivity index (χ4n) is 2.28. The summed E-state index contributed by atoms with van der Waals surface area (Å²) < 4.78 is 5.31. The van der Waals surface area contributed by atoms with Crippen LogP contribution in [-0.2, 0) is 11.2 Å². The van der Waals surface area contributed by atoms with E-state index in [1.807, 2.05) is 24.3 Å². The van der Waals surface area contributed by atoms with Crippen LogP contribution < -0.4 is 15.4 Å². The van der Waals surface area contributed by atoms with Gasteiger partial charge in [-0.3, -0.25) is 4.79 Å². The molecule has 0 spiro atoms. The number of carbonyl (C=O) groups is 1. The van der Waals surface area contributed by atoms with Crippen LogP contribution in [0, 0.1) is 0 Å². The molecular weight excluding hydrogens is 347 g/mol. The number of carbonyl (C=O) groups excluding carboxylic acids is 1. The third-order valence-corrected chi connectivity index (χ3v) is 4.15. The van der Waals surface area contributed by atoms with Gasteiger partial charge in [-0.2, -0.15) is 0 Å². The summed E-state index contributed by atoms with van der Waals surface area (Å²) >= 11 is 12.1. The summed E-state index contributed by atoms with van der Waals surface area (Å²) in [6, 6.07) is 13.0. The Hall–Kier alpha value is -1.75. The fourth-order valence-corrected chi connectivity index (χ4v) is 2.77. The van der Waals surface area contributed by atoms with Gasteiger partial charge in [-0.25, -0.2) is 0 Å². The van der Waals surface area contributed by atoms with Gasteiger partial charge in [0.25, 0.3) is 0 Å². The van der Waals surface area contributed by atoms with E-state index in [0.29, 0.717) is 28.7 Å². The van der Waals surface area contributed by atoms with Crippen molar-refractivity contribution in [3.63, 3.8) is 0 Å². The lowest BCUT2D eigenvalue weighted by Gasteiger charge is -2.10. The predicted molar refractivity (Wildman–Crippen MR) is 99.3 cm³/mol. The minimum atomic E-state index is -0.130. The number of para-hydroxylation sites is 2. The van der Waals surface area contributed by atoms with Gasteiger partial charge in [-0.1, -0.05) is 47.5 Å². The summed E-state index contributed by atoms with van der Waals surface area (Å²) in [6.45, 7) is 1.34. The standard InChI is InChI=1S/C18H20Cl2N2O2/c1-24-16-8-3-2-5-13(16)9-11-21-12-10-17(23)22-18-14(19)6-4-7-15(18)20/h2-8,21H,9-12H2,1H3,(H,22,23). The Morgan fingerprint density at radius 1 is 1.04 bits per heavy atom. The molecule has 1 amide bonds. The topological polar surface area (TPSA) is 50.4 Å². The zero-order chi connectivity index (χ0) is 17.4. The van der Waals surface area contributed by atoms with E-state index in [-0.39, 0.29) is 5.91 Å². The van der Waals surface area contributed by atoms with Crippen LogP contribution in [0.4, 0.5) is 5.69 Å². The summed E-state index contributed by atoms with van der Waals surface area (Å²) in [5, 5.41) is 6.85. The molecule has 2 aromatic rings. The van der Waals surface area contributed by atoms with Crippen LogP contribution in [0.1, 0.15) is 12.0 Å². The van der Waals surface area contributed by atoms with E-state index < -0.39 is 0 Å². The van der Waals surface area contributed by atoms with E-state index in [1.54, 1.807) is 25.3 Å². The lowest BCUT2D eigenvalue weighted by molar-refractivity contribution is -0.116. The Labute approximate surface area is 152 Å². The van der Waals surface area contributed by atoms with E-state index >= 15 is 0 Å². The molecule has 0 atom stereocenters. The van der Waals surface area contributed by atoms with E-state index in [1.165, 1.54) is 0 Å². The number of methoxy groups -OCH3 is 1. The smallest absolute Gasteiger partial charge is 0.225 e. The van der Waals surface area contributed by atoms with Gasteiger partial charge in [0.1, 0.15) is 5.75 Å². The van der Waals surface area contributed by atoms with Crippen molar-refractivity contribution in [1.82, 2.24) is 5.32 Å². The molecule has 0 radical (unpaired) electrons. The largest absolute Gasteiger partial charge is 0.496 e. The molecule has 128 valence electrons. The van der Waals surface area contributed by atoms with Gasteiger partial charge >= 0.3 is 0 Å². The quantitative estimate of drug-likeness (QED) is 0.689. The van der Waals surface area contributed by atoms with Crippen molar-refractivity contribution in [1.29, 1.82) is 0 Å². The van der Waals surface area contributed by atoms with Gasteiger partial charge in [0.15, 0.2) is 0 Å². The number of rotatable bonds is 8. The average Bonchev–Trinajstić information content (AvgIpc) is 2.58.